The Morgan fingerprint density at radius 1 is 1.22 bits per heavy atom. The van der Waals surface area contributed by atoms with Crippen molar-refractivity contribution in [1.82, 2.24) is 10.3 Å². The summed E-state index contributed by atoms with van der Waals surface area (Å²) in [6, 6.07) is 10.3. The van der Waals surface area contributed by atoms with E-state index in [0.29, 0.717) is 12.2 Å². The van der Waals surface area contributed by atoms with E-state index < -0.39 is 12.8 Å². The Labute approximate surface area is 154 Å². The van der Waals surface area contributed by atoms with Crippen LogP contribution in [0, 0.1) is 0 Å². The lowest BCUT2D eigenvalue weighted by Gasteiger charge is -2.24. The van der Waals surface area contributed by atoms with Crippen molar-refractivity contribution in [2.45, 2.75) is 18.7 Å². The first-order valence-corrected chi connectivity index (χ1v) is 8.51. The standard InChI is InChI=1S/C19H19F3N2O3/c20-19(21,22)12-27-18-6-5-15(10-24-18)16(25)9-13-1-3-14(4-2-13)17-11-23-7-8-26-17/h1-6,10,17,23H,7-9,11-12H2/t17-/m1/s1. The second-order valence-electron chi connectivity index (χ2n) is 6.19. The Morgan fingerprint density at radius 3 is 2.59 bits per heavy atom. The van der Waals surface area contributed by atoms with E-state index in [1.165, 1.54) is 18.3 Å². The monoisotopic (exact) mass is 380 g/mol. The zero-order valence-corrected chi connectivity index (χ0v) is 14.5. The number of halogens is 3. The van der Waals surface area contributed by atoms with Gasteiger partial charge in [-0.15, -0.1) is 0 Å². The number of ketones is 1. The van der Waals surface area contributed by atoms with Gasteiger partial charge in [-0.25, -0.2) is 4.98 Å². The molecule has 1 N–H and O–H groups in total. The van der Waals surface area contributed by atoms with Crippen molar-refractivity contribution < 1.29 is 27.4 Å². The van der Waals surface area contributed by atoms with Crippen LogP contribution in [-0.2, 0) is 11.2 Å². The lowest BCUT2D eigenvalue weighted by atomic mass is 10.0. The molecule has 0 bridgehead atoms. The molecule has 1 fully saturated rings. The largest absolute Gasteiger partial charge is 0.468 e. The number of hydrogen-bond donors (Lipinski definition) is 1. The number of carbonyl (C=O) groups is 1. The quantitative estimate of drug-likeness (QED) is 0.781. The molecule has 5 nitrogen and oxygen atoms in total. The molecule has 1 atom stereocenters. The molecule has 1 aromatic heterocycles. The van der Waals surface area contributed by atoms with Crippen molar-refractivity contribution in [3.05, 3.63) is 59.3 Å². The van der Waals surface area contributed by atoms with Crippen LogP contribution < -0.4 is 10.1 Å². The van der Waals surface area contributed by atoms with Crippen LogP contribution in [0.5, 0.6) is 5.88 Å². The number of aromatic nitrogens is 1. The molecule has 2 heterocycles. The second-order valence-corrected chi connectivity index (χ2v) is 6.19. The van der Waals surface area contributed by atoms with Gasteiger partial charge in [0.2, 0.25) is 5.88 Å². The molecular formula is C19H19F3N2O3. The number of alkyl halides is 3. The number of carbonyl (C=O) groups excluding carboxylic acids is 1. The molecule has 0 unspecified atom stereocenters. The average Bonchev–Trinajstić information content (AvgIpc) is 2.67. The average molecular weight is 380 g/mol. The summed E-state index contributed by atoms with van der Waals surface area (Å²) in [5.41, 5.74) is 2.20. The van der Waals surface area contributed by atoms with Gasteiger partial charge >= 0.3 is 6.18 Å². The first-order chi connectivity index (χ1) is 12.9. The minimum Gasteiger partial charge on any atom is -0.468 e. The predicted molar refractivity (Wildman–Crippen MR) is 91.8 cm³/mol. The first-order valence-electron chi connectivity index (χ1n) is 8.51. The molecular weight excluding hydrogens is 361 g/mol. The van der Waals surface area contributed by atoms with E-state index in [4.69, 9.17) is 4.74 Å². The molecule has 0 amide bonds. The minimum atomic E-state index is -4.43. The van der Waals surface area contributed by atoms with Crippen LogP contribution in [0.3, 0.4) is 0 Å². The smallest absolute Gasteiger partial charge is 0.422 e. The molecule has 27 heavy (non-hydrogen) atoms. The number of hydrogen-bond acceptors (Lipinski definition) is 5. The molecule has 0 radical (unpaired) electrons. The third-order valence-electron chi connectivity index (χ3n) is 4.09. The fourth-order valence-electron chi connectivity index (χ4n) is 2.70. The number of nitrogens with zero attached hydrogens (tertiary/aromatic N) is 1. The number of ether oxygens (including phenoxy) is 2. The lowest BCUT2D eigenvalue weighted by molar-refractivity contribution is -0.154. The molecule has 1 aliphatic heterocycles. The summed E-state index contributed by atoms with van der Waals surface area (Å²) in [7, 11) is 0. The maximum absolute atomic E-state index is 12.3. The summed E-state index contributed by atoms with van der Waals surface area (Å²) >= 11 is 0. The molecule has 8 heteroatoms. The van der Waals surface area contributed by atoms with Crippen molar-refractivity contribution in [2.24, 2.45) is 0 Å². The maximum Gasteiger partial charge on any atom is 0.422 e. The maximum atomic E-state index is 12.3. The van der Waals surface area contributed by atoms with Crippen molar-refractivity contribution >= 4 is 5.78 Å². The Bertz CT molecular complexity index is 755. The van der Waals surface area contributed by atoms with Crippen LogP contribution in [-0.4, -0.2) is 43.2 Å². The van der Waals surface area contributed by atoms with E-state index in [2.05, 4.69) is 15.0 Å². The molecule has 1 aliphatic rings. The number of nitrogens with one attached hydrogen (secondary N) is 1. The van der Waals surface area contributed by atoms with E-state index >= 15 is 0 Å². The normalized spacial score (nSPS) is 17.5. The van der Waals surface area contributed by atoms with Gasteiger partial charge < -0.3 is 14.8 Å². The summed E-state index contributed by atoms with van der Waals surface area (Å²) in [6.07, 6.45) is -3.02. The zero-order valence-electron chi connectivity index (χ0n) is 14.5. The number of benzene rings is 1. The number of rotatable bonds is 6. The summed E-state index contributed by atoms with van der Waals surface area (Å²) in [5, 5.41) is 3.26. The molecule has 144 valence electrons. The van der Waals surface area contributed by atoms with E-state index in [0.717, 1.165) is 24.2 Å². The van der Waals surface area contributed by atoms with Crippen LogP contribution in [0.1, 0.15) is 27.6 Å². The zero-order chi connectivity index (χ0) is 19.3. The van der Waals surface area contributed by atoms with Crippen LogP contribution in [0.4, 0.5) is 13.2 Å². The van der Waals surface area contributed by atoms with Gasteiger partial charge in [0, 0.05) is 37.3 Å². The highest BCUT2D eigenvalue weighted by molar-refractivity contribution is 5.97. The van der Waals surface area contributed by atoms with Gasteiger partial charge in [-0.3, -0.25) is 4.79 Å². The highest BCUT2D eigenvalue weighted by Gasteiger charge is 2.28. The van der Waals surface area contributed by atoms with E-state index in [-0.39, 0.29) is 24.2 Å². The van der Waals surface area contributed by atoms with Crippen LogP contribution >= 0.6 is 0 Å². The van der Waals surface area contributed by atoms with Gasteiger partial charge in [-0.1, -0.05) is 24.3 Å². The highest BCUT2D eigenvalue weighted by Crippen LogP contribution is 2.20. The fraction of sp³-hybridized carbons (Fsp3) is 0.368. The Morgan fingerprint density at radius 2 is 2.00 bits per heavy atom. The lowest BCUT2D eigenvalue weighted by Crippen LogP contribution is -2.33. The van der Waals surface area contributed by atoms with Crippen molar-refractivity contribution in [3.8, 4) is 5.88 Å². The highest BCUT2D eigenvalue weighted by atomic mass is 19.4. The third kappa shape index (κ3) is 5.77. The molecule has 2 aromatic rings. The van der Waals surface area contributed by atoms with Gasteiger partial charge in [0.25, 0.3) is 0 Å². The summed E-state index contributed by atoms with van der Waals surface area (Å²) in [6.45, 7) is 0.852. The van der Waals surface area contributed by atoms with Gasteiger partial charge in [0.15, 0.2) is 12.4 Å². The fourth-order valence-corrected chi connectivity index (χ4v) is 2.70. The Kier molecular flexibility index (Phi) is 6.08. The number of morpholine rings is 1. The van der Waals surface area contributed by atoms with Crippen LogP contribution in [0.2, 0.25) is 0 Å². The SMILES string of the molecule is O=C(Cc1ccc([C@H]2CNCCO2)cc1)c1ccc(OCC(F)(F)F)nc1. The Hall–Kier alpha value is -2.45. The van der Waals surface area contributed by atoms with E-state index in [1.807, 2.05) is 24.3 Å². The summed E-state index contributed by atoms with van der Waals surface area (Å²) in [4.78, 5) is 16.1. The predicted octanol–water partition coefficient (Wildman–Crippen LogP) is 3.11. The number of Topliss-reactive ketones (excluding diaryl/α,β-unsaturated/α-hetero) is 1. The van der Waals surface area contributed by atoms with E-state index in [1.54, 1.807) is 0 Å². The molecule has 0 saturated carbocycles. The topological polar surface area (TPSA) is 60.5 Å². The minimum absolute atomic E-state index is 0.0111. The number of pyridine rings is 1. The van der Waals surface area contributed by atoms with Crippen molar-refractivity contribution in [2.75, 3.05) is 26.3 Å². The Balaban J connectivity index is 1.56. The van der Waals surface area contributed by atoms with Crippen LogP contribution in [0.15, 0.2) is 42.6 Å². The first kappa shape index (κ1) is 19.3. The summed E-state index contributed by atoms with van der Waals surface area (Å²) in [5.74, 6) is -0.345. The third-order valence-corrected chi connectivity index (χ3v) is 4.09. The molecule has 1 aromatic carbocycles. The summed E-state index contributed by atoms with van der Waals surface area (Å²) < 4.78 is 46.6. The molecule has 0 aliphatic carbocycles. The van der Waals surface area contributed by atoms with Crippen molar-refractivity contribution in [3.63, 3.8) is 0 Å². The van der Waals surface area contributed by atoms with Gasteiger partial charge in [-0.05, 0) is 17.2 Å². The van der Waals surface area contributed by atoms with E-state index in [9.17, 15) is 18.0 Å². The van der Waals surface area contributed by atoms with Gasteiger partial charge in [0.1, 0.15) is 0 Å². The van der Waals surface area contributed by atoms with Crippen LogP contribution in [0.25, 0.3) is 0 Å². The molecule has 1 saturated heterocycles. The van der Waals surface area contributed by atoms with Gasteiger partial charge in [-0.2, -0.15) is 13.2 Å². The molecule has 0 spiro atoms. The van der Waals surface area contributed by atoms with Gasteiger partial charge in [0.05, 0.1) is 12.7 Å². The van der Waals surface area contributed by atoms with Crippen molar-refractivity contribution in [1.29, 1.82) is 0 Å². The molecule has 3 rings (SSSR count). The second kappa shape index (κ2) is 8.49.